The Morgan fingerprint density at radius 2 is 1.68 bits per heavy atom. The molecule has 1 unspecified atom stereocenters. The van der Waals surface area contributed by atoms with Gasteiger partial charge in [0.05, 0.1) is 32.4 Å². The van der Waals surface area contributed by atoms with Crippen molar-refractivity contribution in [3.63, 3.8) is 0 Å². The van der Waals surface area contributed by atoms with Crippen LogP contribution in [0.2, 0.25) is 0 Å². The number of nitrogens with zero attached hydrogens (tertiary/aromatic N) is 3. The Balaban J connectivity index is 2.45. The summed E-state index contributed by atoms with van der Waals surface area (Å²) in [7, 11) is 2.53. The average Bonchev–Trinajstić information content (AvgIpc) is 2.87. The van der Waals surface area contributed by atoms with E-state index in [0.717, 1.165) is 43.6 Å². The molecule has 6 nitrogen and oxygen atoms in total. The molecule has 0 spiro atoms. The number of hydrogen-bond acceptors (Lipinski definition) is 4. The fraction of sp³-hybridized carbons (Fsp3) is 1.00. The van der Waals surface area contributed by atoms with Gasteiger partial charge in [-0.05, 0) is 40.0 Å². The van der Waals surface area contributed by atoms with Crippen LogP contribution in [0.15, 0.2) is 0 Å². The number of rotatable bonds is 11. The van der Waals surface area contributed by atoms with Crippen LogP contribution in [0.4, 0.5) is 0 Å². The van der Waals surface area contributed by atoms with Crippen LogP contribution in [-0.2, 0) is 10.1 Å². The van der Waals surface area contributed by atoms with Gasteiger partial charge in [-0.25, -0.2) is 0 Å². The molecule has 0 bridgehead atoms. The first kappa shape index (κ1) is 19.8. The van der Waals surface area contributed by atoms with Crippen LogP contribution < -0.4 is 0 Å². The summed E-state index contributed by atoms with van der Waals surface area (Å²) in [6.45, 7) is 7.45. The summed E-state index contributed by atoms with van der Waals surface area (Å²) in [6.07, 6.45) is 4.23. The van der Waals surface area contributed by atoms with E-state index in [4.69, 9.17) is 4.55 Å². The molecule has 0 aliphatic carbocycles. The molecule has 1 N–H and O–H groups in total. The van der Waals surface area contributed by atoms with Gasteiger partial charge in [-0.15, -0.1) is 0 Å². The van der Waals surface area contributed by atoms with E-state index in [1.807, 2.05) is 0 Å². The maximum atomic E-state index is 10.9. The molecule has 1 saturated heterocycles. The summed E-state index contributed by atoms with van der Waals surface area (Å²) < 4.78 is 31.6. The third kappa shape index (κ3) is 9.05. The van der Waals surface area contributed by atoms with Crippen LogP contribution in [-0.4, -0.2) is 100.0 Å². The van der Waals surface area contributed by atoms with Crippen molar-refractivity contribution >= 4 is 10.1 Å². The molecule has 0 radical (unpaired) electrons. The molecule has 0 aromatic carbocycles. The van der Waals surface area contributed by atoms with E-state index in [1.54, 1.807) is 0 Å². The average molecular weight is 337 g/mol. The zero-order valence-electron chi connectivity index (χ0n) is 14.5. The highest BCUT2D eigenvalue weighted by atomic mass is 32.2. The van der Waals surface area contributed by atoms with Crippen molar-refractivity contribution < 1.29 is 17.5 Å². The summed E-state index contributed by atoms with van der Waals surface area (Å²) in [4.78, 5) is 4.69. The Morgan fingerprint density at radius 1 is 1.09 bits per heavy atom. The van der Waals surface area contributed by atoms with E-state index in [2.05, 4.69) is 30.9 Å². The SMILES string of the molecule is CN(C)CCC[N+](C)(CCCS(=O)(=O)O)CCN1CCCC1. The quantitative estimate of drug-likeness (QED) is 0.446. The summed E-state index contributed by atoms with van der Waals surface area (Å²) in [5.41, 5.74) is 0. The van der Waals surface area contributed by atoms with Crippen LogP contribution in [0, 0.1) is 0 Å². The molecule has 0 aromatic rings. The van der Waals surface area contributed by atoms with E-state index >= 15 is 0 Å². The van der Waals surface area contributed by atoms with Gasteiger partial charge >= 0.3 is 0 Å². The zero-order valence-corrected chi connectivity index (χ0v) is 15.3. The summed E-state index contributed by atoms with van der Waals surface area (Å²) in [6, 6.07) is 0. The fourth-order valence-electron chi connectivity index (χ4n) is 3.12. The predicted octanol–water partition coefficient (Wildman–Crippen LogP) is 0.758. The lowest BCUT2D eigenvalue weighted by atomic mass is 10.2. The monoisotopic (exact) mass is 336 g/mol. The van der Waals surface area contributed by atoms with Crippen molar-refractivity contribution in [2.45, 2.75) is 25.7 Å². The molecule has 7 heteroatoms. The van der Waals surface area contributed by atoms with Gasteiger partial charge in [0.1, 0.15) is 0 Å². The number of hydrogen-bond donors (Lipinski definition) is 1. The highest BCUT2D eigenvalue weighted by Gasteiger charge is 2.24. The lowest BCUT2D eigenvalue weighted by Gasteiger charge is -2.36. The van der Waals surface area contributed by atoms with Crippen molar-refractivity contribution in [2.24, 2.45) is 0 Å². The maximum absolute atomic E-state index is 10.9. The van der Waals surface area contributed by atoms with Crippen LogP contribution in [0.1, 0.15) is 25.7 Å². The van der Waals surface area contributed by atoms with Crippen LogP contribution in [0.5, 0.6) is 0 Å². The minimum Gasteiger partial charge on any atom is -0.325 e. The van der Waals surface area contributed by atoms with E-state index in [1.165, 1.54) is 25.9 Å². The second-order valence-corrected chi connectivity index (χ2v) is 8.71. The van der Waals surface area contributed by atoms with Gasteiger partial charge in [0, 0.05) is 25.9 Å². The first-order valence-electron chi connectivity index (χ1n) is 8.36. The molecule has 132 valence electrons. The van der Waals surface area contributed by atoms with E-state index in [0.29, 0.717) is 6.42 Å². The highest BCUT2D eigenvalue weighted by Crippen LogP contribution is 2.11. The lowest BCUT2D eigenvalue weighted by Crippen LogP contribution is -2.50. The van der Waals surface area contributed by atoms with Gasteiger partial charge in [0.2, 0.25) is 0 Å². The van der Waals surface area contributed by atoms with E-state index in [-0.39, 0.29) is 5.75 Å². The molecule has 1 heterocycles. The molecular weight excluding hydrogens is 302 g/mol. The van der Waals surface area contributed by atoms with E-state index in [9.17, 15) is 8.42 Å². The highest BCUT2D eigenvalue weighted by molar-refractivity contribution is 7.85. The fourth-order valence-corrected chi connectivity index (χ4v) is 3.62. The summed E-state index contributed by atoms with van der Waals surface area (Å²) in [5, 5.41) is 0. The first-order valence-corrected chi connectivity index (χ1v) is 9.97. The predicted molar refractivity (Wildman–Crippen MR) is 90.7 cm³/mol. The lowest BCUT2D eigenvalue weighted by molar-refractivity contribution is -0.909. The van der Waals surface area contributed by atoms with Gasteiger partial charge in [0.15, 0.2) is 0 Å². The molecule has 1 atom stereocenters. The van der Waals surface area contributed by atoms with Crippen LogP contribution in [0.3, 0.4) is 0 Å². The summed E-state index contributed by atoms with van der Waals surface area (Å²) in [5.74, 6) is -0.127. The smallest absolute Gasteiger partial charge is 0.265 e. The molecule has 0 aromatic heterocycles. The molecule has 0 amide bonds. The molecule has 1 aliphatic rings. The second-order valence-electron chi connectivity index (χ2n) is 7.14. The first-order chi connectivity index (χ1) is 10.2. The van der Waals surface area contributed by atoms with Crippen molar-refractivity contribution in [1.82, 2.24) is 9.80 Å². The van der Waals surface area contributed by atoms with E-state index < -0.39 is 10.1 Å². The van der Waals surface area contributed by atoms with Gasteiger partial charge in [-0.3, -0.25) is 9.45 Å². The van der Waals surface area contributed by atoms with Gasteiger partial charge < -0.3 is 9.38 Å². The zero-order chi connectivity index (χ0) is 16.6. The molecule has 1 fully saturated rings. The van der Waals surface area contributed by atoms with Gasteiger partial charge in [0.25, 0.3) is 10.1 Å². The number of quaternary nitrogens is 1. The molecule has 1 aliphatic heterocycles. The Bertz CT molecular complexity index is 408. The summed E-state index contributed by atoms with van der Waals surface area (Å²) >= 11 is 0. The van der Waals surface area contributed by atoms with Gasteiger partial charge in [-0.2, -0.15) is 8.42 Å². The minimum atomic E-state index is -3.84. The Morgan fingerprint density at radius 3 is 2.23 bits per heavy atom. The van der Waals surface area contributed by atoms with Crippen molar-refractivity contribution in [3.05, 3.63) is 0 Å². The third-order valence-electron chi connectivity index (χ3n) is 4.56. The Kier molecular flexibility index (Phi) is 8.27. The van der Waals surface area contributed by atoms with Crippen LogP contribution in [0.25, 0.3) is 0 Å². The Labute approximate surface area is 136 Å². The van der Waals surface area contributed by atoms with Crippen molar-refractivity contribution in [1.29, 1.82) is 0 Å². The normalized spacial score (nSPS) is 19.7. The minimum absolute atomic E-state index is 0.127. The number of likely N-dealkylation sites (tertiary alicyclic amines) is 1. The Hall–Kier alpha value is -0.210. The largest absolute Gasteiger partial charge is 0.325 e. The topological polar surface area (TPSA) is 60.9 Å². The van der Waals surface area contributed by atoms with Gasteiger partial charge in [-0.1, -0.05) is 0 Å². The molecule has 1 rings (SSSR count). The second kappa shape index (κ2) is 9.17. The standard InChI is InChI=1S/C15H33N3O3S/c1-16(2)8-6-12-18(3,13-7-15-22(19,20)21)14-11-17-9-4-5-10-17/h4-15H2,1-3H3/p+1. The maximum Gasteiger partial charge on any atom is 0.265 e. The molecule has 22 heavy (non-hydrogen) atoms. The van der Waals surface area contributed by atoms with Crippen molar-refractivity contribution in [3.8, 4) is 0 Å². The number of likely N-dealkylation sites (N-methyl/N-ethyl adjacent to an activating group) is 1. The van der Waals surface area contributed by atoms with Crippen molar-refractivity contribution in [2.75, 3.05) is 72.7 Å². The molecule has 0 saturated carbocycles. The third-order valence-corrected chi connectivity index (χ3v) is 5.36. The molecular formula is C15H34N3O3S+. The van der Waals surface area contributed by atoms with Crippen LogP contribution >= 0.6 is 0 Å².